The second-order valence-corrected chi connectivity index (χ2v) is 3.37. The number of hydrogen-bond acceptors (Lipinski definition) is 2. The maximum Gasteiger partial charge on any atom is 0.246 e. The van der Waals surface area contributed by atoms with Crippen LogP contribution in [-0.2, 0) is 4.79 Å². The number of amides is 1. The second kappa shape index (κ2) is 3.66. The molecule has 2 nitrogen and oxygen atoms in total. The Bertz CT molecular complexity index is 141. The van der Waals surface area contributed by atoms with Gasteiger partial charge >= 0.3 is 0 Å². The molecule has 10 heavy (non-hydrogen) atoms. The lowest BCUT2D eigenvalue weighted by Crippen LogP contribution is -2.36. The zero-order valence-corrected chi connectivity index (χ0v) is 6.69. The van der Waals surface area contributed by atoms with E-state index in [1.807, 2.05) is 16.7 Å². The van der Waals surface area contributed by atoms with Crippen molar-refractivity contribution in [2.24, 2.45) is 0 Å². The van der Waals surface area contributed by atoms with Crippen LogP contribution in [0.1, 0.15) is 0 Å². The summed E-state index contributed by atoms with van der Waals surface area (Å²) in [5.41, 5.74) is 0. The third kappa shape index (κ3) is 1.77. The lowest BCUT2D eigenvalue weighted by Gasteiger charge is -2.24. The number of rotatable bonds is 1. The Kier molecular flexibility index (Phi) is 2.81. The van der Waals surface area contributed by atoms with E-state index in [0.717, 1.165) is 24.6 Å². The van der Waals surface area contributed by atoms with Crippen LogP contribution < -0.4 is 0 Å². The van der Waals surface area contributed by atoms with Crippen LogP contribution in [0.5, 0.6) is 0 Å². The van der Waals surface area contributed by atoms with Crippen molar-refractivity contribution < 1.29 is 4.79 Å². The van der Waals surface area contributed by atoms with Crippen LogP contribution in [0.2, 0.25) is 0 Å². The first-order valence-electron chi connectivity index (χ1n) is 3.33. The number of hydrogen-bond donors (Lipinski definition) is 0. The smallest absolute Gasteiger partial charge is 0.246 e. The van der Waals surface area contributed by atoms with Crippen LogP contribution in [0.25, 0.3) is 0 Å². The number of nitrogens with zero attached hydrogens (tertiary/aromatic N) is 1. The van der Waals surface area contributed by atoms with Crippen molar-refractivity contribution in [3.63, 3.8) is 0 Å². The zero-order chi connectivity index (χ0) is 7.40. The van der Waals surface area contributed by atoms with Crippen molar-refractivity contribution in [2.45, 2.75) is 0 Å². The van der Waals surface area contributed by atoms with Gasteiger partial charge in [-0.05, 0) is 6.08 Å². The van der Waals surface area contributed by atoms with Crippen molar-refractivity contribution in [2.75, 3.05) is 24.6 Å². The zero-order valence-electron chi connectivity index (χ0n) is 5.88. The first kappa shape index (κ1) is 7.66. The van der Waals surface area contributed by atoms with Gasteiger partial charge in [0.1, 0.15) is 0 Å². The molecule has 0 saturated carbocycles. The Balaban J connectivity index is 2.38. The summed E-state index contributed by atoms with van der Waals surface area (Å²) in [4.78, 5) is 12.8. The van der Waals surface area contributed by atoms with Crippen molar-refractivity contribution in [3.05, 3.63) is 12.7 Å². The average Bonchev–Trinajstić information content (AvgIpc) is 2.05. The van der Waals surface area contributed by atoms with Gasteiger partial charge in [-0.15, -0.1) is 0 Å². The Hall–Kier alpha value is -0.440. The highest BCUT2D eigenvalue weighted by atomic mass is 32.2. The van der Waals surface area contributed by atoms with Gasteiger partial charge in [-0.2, -0.15) is 11.8 Å². The standard InChI is InChI=1S/C7H11NOS/c1-2-7(9)8-3-5-10-6-4-8/h2H,1,3-6H2. The summed E-state index contributed by atoms with van der Waals surface area (Å²) < 4.78 is 0. The molecule has 3 heteroatoms. The lowest BCUT2D eigenvalue weighted by molar-refractivity contribution is -0.125. The van der Waals surface area contributed by atoms with Gasteiger partial charge in [-0.3, -0.25) is 4.79 Å². The van der Waals surface area contributed by atoms with Gasteiger partial charge in [0.15, 0.2) is 0 Å². The molecule has 0 aromatic heterocycles. The topological polar surface area (TPSA) is 20.3 Å². The minimum absolute atomic E-state index is 0.0697. The van der Waals surface area contributed by atoms with Gasteiger partial charge in [0.05, 0.1) is 0 Å². The minimum atomic E-state index is 0.0697. The molecule has 0 aliphatic carbocycles. The summed E-state index contributed by atoms with van der Waals surface area (Å²) in [6, 6.07) is 0. The molecule has 0 aromatic carbocycles. The molecule has 1 rings (SSSR count). The van der Waals surface area contributed by atoms with E-state index in [1.54, 1.807) is 0 Å². The van der Waals surface area contributed by atoms with Gasteiger partial charge in [-0.25, -0.2) is 0 Å². The molecule has 1 heterocycles. The largest absolute Gasteiger partial charge is 0.338 e. The highest BCUT2D eigenvalue weighted by Gasteiger charge is 2.12. The number of carbonyl (C=O) groups excluding carboxylic acids is 1. The molecule has 1 saturated heterocycles. The Labute approximate surface area is 65.3 Å². The average molecular weight is 157 g/mol. The third-order valence-electron chi connectivity index (χ3n) is 1.50. The molecule has 1 fully saturated rings. The van der Waals surface area contributed by atoms with E-state index in [0.29, 0.717) is 0 Å². The van der Waals surface area contributed by atoms with Gasteiger partial charge in [0, 0.05) is 24.6 Å². The maximum absolute atomic E-state index is 11.0. The Morgan fingerprint density at radius 2 is 2.10 bits per heavy atom. The molecule has 1 aliphatic rings. The lowest BCUT2D eigenvalue weighted by atomic mass is 10.4. The summed E-state index contributed by atoms with van der Waals surface area (Å²) >= 11 is 1.90. The molecular formula is C7H11NOS. The second-order valence-electron chi connectivity index (χ2n) is 2.14. The molecule has 0 bridgehead atoms. The molecule has 0 radical (unpaired) electrons. The van der Waals surface area contributed by atoms with Crippen LogP contribution in [0, 0.1) is 0 Å². The normalized spacial score (nSPS) is 18.6. The van der Waals surface area contributed by atoms with Gasteiger partial charge in [-0.1, -0.05) is 6.58 Å². The van der Waals surface area contributed by atoms with Crippen LogP contribution >= 0.6 is 11.8 Å². The minimum Gasteiger partial charge on any atom is -0.338 e. The number of thioether (sulfide) groups is 1. The van der Waals surface area contributed by atoms with Gasteiger partial charge in [0.25, 0.3) is 0 Å². The molecular weight excluding hydrogens is 146 g/mol. The van der Waals surface area contributed by atoms with E-state index in [1.165, 1.54) is 6.08 Å². The highest BCUT2D eigenvalue weighted by Crippen LogP contribution is 2.08. The van der Waals surface area contributed by atoms with Crippen LogP contribution in [0.4, 0.5) is 0 Å². The maximum atomic E-state index is 11.0. The molecule has 0 N–H and O–H groups in total. The van der Waals surface area contributed by atoms with E-state index in [-0.39, 0.29) is 5.91 Å². The van der Waals surface area contributed by atoms with E-state index >= 15 is 0 Å². The van der Waals surface area contributed by atoms with E-state index in [2.05, 4.69) is 6.58 Å². The fraction of sp³-hybridized carbons (Fsp3) is 0.571. The van der Waals surface area contributed by atoms with E-state index in [4.69, 9.17) is 0 Å². The molecule has 1 amide bonds. The predicted molar refractivity (Wildman–Crippen MR) is 44.1 cm³/mol. The van der Waals surface area contributed by atoms with Crippen LogP contribution in [0.15, 0.2) is 12.7 Å². The number of carbonyl (C=O) groups is 1. The van der Waals surface area contributed by atoms with E-state index < -0.39 is 0 Å². The van der Waals surface area contributed by atoms with E-state index in [9.17, 15) is 4.79 Å². The SMILES string of the molecule is C=CC(=O)N1CCSCC1. The molecule has 0 unspecified atom stereocenters. The van der Waals surface area contributed by atoms with Crippen LogP contribution in [-0.4, -0.2) is 35.4 Å². The summed E-state index contributed by atoms with van der Waals surface area (Å²) in [6.45, 7) is 5.21. The van der Waals surface area contributed by atoms with Gasteiger partial charge in [0.2, 0.25) is 5.91 Å². The van der Waals surface area contributed by atoms with Gasteiger partial charge < -0.3 is 4.90 Å². The highest BCUT2D eigenvalue weighted by molar-refractivity contribution is 7.99. The Morgan fingerprint density at radius 3 is 2.60 bits per heavy atom. The quantitative estimate of drug-likeness (QED) is 0.523. The fourth-order valence-corrected chi connectivity index (χ4v) is 1.82. The predicted octanol–water partition coefficient (Wildman–Crippen LogP) is 0.748. The molecule has 0 spiro atoms. The van der Waals surface area contributed by atoms with Crippen molar-refractivity contribution in [3.8, 4) is 0 Å². The van der Waals surface area contributed by atoms with Crippen molar-refractivity contribution >= 4 is 17.7 Å². The first-order chi connectivity index (χ1) is 4.84. The monoisotopic (exact) mass is 157 g/mol. The summed E-state index contributed by atoms with van der Waals surface area (Å²) in [5, 5.41) is 0. The molecule has 0 aromatic rings. The van der Waals surface area contributed by atoms with Crippen LogP contribution in [0.3, 0.4) is 0 Å². The van der Waals surface area contributed by atoms with Crippen molar-refractivity contribution in [1.29, 1.82) is 0 Å². The Morgan fingerprint density at radius 1 is 1.50 bits per heavy atom. The molecule has 1 aliphatic heterocycles. The summed E-state index contributed by atoms with van der Waals surface area (Å²) in [5.74, 6) is 2.21. The third-order valence-corrected chi connectivity index (χ3v) is 2.44. The summed E-state index contributed by atoms with van der Waals surface area (Å²) in [6.07, 6.45) is 1.38. The summed E-state index contributed by atoms with van der Waals surface area (Å²) in [7, 11) is 0. The van der Waals surface area contributed by atoms with Crippen molar-refractivity contribution in [1.82, 2.24) is 4.90 Å². The molecule has 0 atom stereocenters. The first-order valence-corrected chi connectivity index (χ1v) is 4.49. The fourth-order valence-electron chi connectivity index (χ4n) is 0.913. The molecule has 56 valence electrons.